The van der Waals surface area contributed by atoms with Gasteiger partial charge >= 0.3 is 0 Å². The summed E-state index contributed by atoms with van der Waals surface area (Å²) in [6.07, 6.45) is 0.911. The molecule has 2 aromatic rings. The van der Waals surface area contributed by atoms with Crippen molar-refractivity contribution in [3.63, 3.8) is 0 Å². The highest BCUT2D eigenvalue weighted by Gasteiger charge is 2.43. The molecule has 2 atom stereocenters. The van der Waals surface area contributed by atoms with Crippen LogP contribution in [-0.4, -0.2) is 27.1 Å². The number of benzene rings is 2. The Bertz CT molecular complexity index is 678. The highest BCUT2D eigenvalue weighted by molar-refractivity contribution is 5.95. The standard InChI is InChI=1S/C19H22N2O2/c1-21(2)15-8-6-14(7-9-15)20-19(22)18-12-17(18)13-4-10-16(23-3)11-5-13/h4-11,17-18H,12H2,1-3H3,(H,20,22). The number of hydrogen-bond donors (Lipinski definition) is 1. The van der Waals surface area contributed by atoms with E-state index in [1.165, 1.54) is 5.56 Å². The summed E-state index contributed by atoms with van der Waals surface area (Å²) in [5.74, 6) is 1.33. The minimum Gasteiger partial charge on any atom is -0.497 e. The predicted octanol–water partition coefficient (Wildman–Crippen LogP) is 3.50. The summed E-state index contributed by atoms with van der Waals surface area (Å²) in [6.45, 7) is 0. The summed E-state index contributed by atoms with van der Waals surface area (Å²) >= 11 is 0. The first-order valence-electron chi connectivity index (χ1n) is 7.80. The second-order valence-electron chi connectivity index (χ2n) is 6.15. The van der Waals surface area contributed by atoms with Gasteiger partial charge in [-0.2, -0.15) is 0 Å². The number of carbonyl (C=O) groups is 1. The average Bonchev–Trinajstić information content (AvgIpc) is 3.36. The zero-order valence-corrected chi connectivity index (χ0v) is 13.7. The molecule has 0 aliphatic heterocycles. The third kappa shape index (κ3) is 3.47. The van der Waals surface area contributed by atoms with Gasteiger partial charge in [-0.15, -0.1) is 0 Å². The van der Waals surface area contributed by atoms with E-state index in [2.05, 4.69) is 5.32 Å². The molecule has 23 heavy (non-hydrogen) atoms. The first-order valence-corrected chi connectivity index (χ1v) is 7.80. The van der Waals surface area contributed by atoms with Crippen molar-refractivity contribution in [3.05, 3.63) is 54.1 Å². The highest BCUT2D eigenvalue weighted by atomic mass is 16.5. The van der Waals surface area contributed by atoms with E-state index in [1.807, 2.05) is 67.5 Å². The second-order valence-corrected chi connectivity index (χ2v) is 6.15. The lowest BCUT2D eigenvalue weighted by atomic mass is 10.1. The Labute approximate surface area is 137 Å². The van der Waals surface area contributed by atoms with Crippen LogP contribution < -0.4 is 15.0 Å². The Morgan fingerprint density at radius 2 is 1.74 bits per heavy atom. The van der Waals surface area contributed by atoms with Crippen molar-refractivity contribution in [1.82, 2.24) is 0 Å². The van der Waals surface area contributed by atoms with Gasteiger partial charge in [-0.05, 0) is 54.3 Å². The molecule has 0 radical (unpaired) electrons. The van der Waals surface area contributed by atoms with Crippen molar-refractivity contribution in [1.29, 1.82) is 0 Å². The summed E-state index contributed by atoms with van der Waals surface area (Å²) in [4.78, 5) is 14.4. The van der Waals surface area contributed by atoms with E-state index in [0.29, 0.717) is 5.92 Å². The molecule has 0 aromatic heterocycles. The van der Waals surface area contributed by atoms with Crippen molar-refractivity contribution in [2.45, 2.75) is 12.3 Å². The number of rotatable bonds is 5. The third-order valence-corrected chi connectivity index (χ3v) is 4.32. The molecular formula is C19H22N2O2. The van der Waals surface area contributed by atoms with Gasteiger partial charge < -0.3 is 15.0 Å². The fourth-order valence-corrected chi connectivity index (χ4v) is 2.78. The third-order valence-electron chi connectivity index (χ3n) is 4.32. The summed E-state index contributed by atoms with van der Waals surface area (Å²) in [5.41, 5.74) is 3.17. The molecule has 2 unspecified atom stereocenters. The fraction of sp³-hybridized carbons (Fsp3) is 0.316. The Hall–Kier alpha value is -2.49. The molecule has 0 bridgehead atoms. The van der Waals surface area contributed by atoms with Crippen molar-refractivity contribution in [2.75, 3.05) is 31.4 Å². The Morgan fingerprint density at radius 1 is 1.09 bits per heavy atom. The van der Waals surface area contributed by atoms with Gasteiger partial charge in [-0.3, -0.25) is 4.79 Å². The predicted molar refractivity (Wildman–Crippen MR) is 93.2 cm³/mol. The van der Waals surface area contributed by atoms with E-state index < -0.39 is 0 Å². The molecule has 1 aliphatic rings. The number of carbonyl (C=O) groups excluding carboxylic acids is 1. The Kier molecular flexibility index (Phi) is 4.24. The first-order chi connectivity index (χ1) is 11.1. The topological polar surface area (TPSA) is 41.6 Å². The SMILES string of the molecule is COc1ccc(C2CC2C(=O)Nc2ccc(N(C)C)cc2)cc1. The maximum Gasteiger partial charge on any atom is 0.228 e. The average molecular weight is 310 g/mol. The Balaban J connectivity index is 1.59. The molecule has 1 aliphatic carbocycles. The Morgan fingerprint density at radius 3 is 2.30 bits per heavy atom. The molecule has 2 aromatic carbocycles. The minimum absolute atomic E-state index is 0.0666. The van der Waals surface area contributed by atoms with Crippen LogP contribution in [0.4, 0.5) is 11.4 Å². The zero-order chi connectivity index (χ0) is 16.4. The van der Waals surface area contributed by atoms with Gasteiger partial charge in [0.1, 0.15) is 5.75 Å². The lowest BCUT2D eigenvalue weighted by molar-refractivity contribution is -0.117. The summed E-state index contributed by atoms with van der Waals surface area (Å²) in [7, 11) is 5.65. The molecule has 1 fully saturated rings. The highest BCUT2D eigenvalue weighted by Crippen LogP contribution is 2.48. The van der Waals surface area contributed by atoms with E-state index in [4.69, 9.17) is 4.74 Å². The van der Waals surface area contributed by atoms with Crippen molar-refractivity contribution >= 4 is 17.3 Å². The maximum atomic E-state index is 12.4. The molecule has 3 rings (SSSR count). The van der Waals surface area contributed by atoms with Gasteiger partial charge in [0.25, 0.3) is 0 Å². The zero-order valence-electron chi connectivity index (χ0n) is 13.7. The molecule has 1 saturated carbocycles. The van der Waals surface area contributed by atoms with Crippen LogP contribution in [0.3, 0.4) is 0 Å². The van der Waals surface area contributed by atoms with Crippen LogP contribution >= 0.6 is 0 Å². The van der Waals surface area contributed by atoms with Crippen LogP contribution in [0.25, 0.3) is 0 Å². The minimum atomic E-state index is 0.0666. The number of anilines is 2. The quantitative estimate of drug-likeness (QED) is 0.919. The monoisotopic (exact) mass is 310 g/mol. The van der Waals surface area contributed by atoms with Crippen LogP contribution in [0.1, 0.15) is 17.9 Å². The van der Waals surface area contributed by atoms with Crippen molar-refractivity contribution in [3.8, 4) is 5.75 Å². The molecule has 120 valence electrons. The molecule has 0 heterocycles. The number of methoxy groups -OCH3 is 1. The van der Waals surface area contributed by atoms with Gasteiger partial charge in [-0.1, -0.05) is 12.1 Å². The van der Waals surface area contributed by atoms with E-state index in [-0.39, 0.29) is 11.8 Å². The molecule has 1 amide bonds. The maximum absolute atomic E-state index is 12.4. The first kappa shape index (κ1) is 15.4. The van der Waals surface area contributed by atoms with Gasteiger partial charge in [0.05, 0.1) is 7.11 Å². The largest absolute Gasteiger partial charge is 0.497 e. The van der Waals surface area contributed by atoms with Crippen LogP contribution in [0.5, 0.6) is 5.75 Å². The van der Waals surface area contributed by atoms with E-state index in [1.54, 1.807) is 7.11 Å². The number of amides is 1. The summed E-state index contributed by atoms with van der Waals surface area (Å²) < 4.78 is 5.17. The lowest BCUT2D eigenvalue weighted by Gasteiger charge is -2.13. The van der Waals surface area contributed by atoms with Gasteiger partial charge in [-0.25, -0.2) is 0 Å². The van der Waals surface area contributed by atoms with Crippen LogP contribution in [0.15, 0.2) is 48.5 Å². The molecule has 1 N–H and O–H groups in total. The smallest absolute Gasteiger partial charge is 0.228 e. The lowest BCUT2D eigenvalue weighted by Crippen LogP contribution is -2.15. The number of hydrogen-bond acceptors (Lipinski definition) is 3. The molecular weight excluding hydrogens is 288 g/mol. The molecule has 0 saturated heterocycles. The van der Waals surface area contributed by atoms with Crippen LogP contribution in [0, 0.1) is 5.92 Å². The van der Waals surface area contributed by atoms with E-state index in [9.17, 15) is 4.79 Å². The number of nitrogens with zero attached hydrogens (tertiary/aromatic N) is 1. The van der Waals surface area contributed by atoms with Crippen LogP contribution in [-0.2, 0) is 4.79 Å². The van der Waals surface area contributed by atoms with Crippen molar-refractivity contribution in [2.24, 2.45) is 5.92 Å². The van der Waals surface area contributed by atoms with Gasteiger partial charge in [0.15, 0.2) is 0 Å². The normalized spacial score (nSPS) is 19.1. The van der Waals surface area contributed by atoms with Gasteiger partial charge in [0.2, 0.25) is 5.91 Å². The van der Waals surface area contributed by atoms with Gasteiger partial charge in [0, 0.05) is 31.4 Å². The molecule has 0 spiro atoms. The van der Waals surface area contributed by atoms with E-state index in [0.717, 1.165) is 23.5 Å². The molecule has 4 nitrogen and oxygen atoms in total. The summed E-state index contributed by atoms with van der Waals surface area (Å²) in [5, 5.41) is 3.01. The number of ether oxygens (including phenoxy) is 1. The molecule has 4 heteroatoms. The second kappa shape index (κ2) is 6.32. The van der Waals surface area contributed by atoms with E-state index >= 15 is 0 Å². The fourth-order valence-electron chi connectivity index (χ4n) is 2.78. The van der Waals surface area contributed by atoms with Crippen LogP contribution in [0.2, 0.25) is 0 Å². The number of nitrogens with one attached hydrogen (secondary N) is 1. The summed E-state index contributed by atoms with van der Waals surface area (Å²) in [6, 6.07) is 15.9. The van der Waals surface area contributed by atoms with Crippen molar-refractivity contribution < 1.29 is 9.53 Å².